The van der Waals surface area contributed by atoms with E-state index in [0.717, 1.165) is 17.3 Å². The first-order valence-electron chi connectivity index (χ1n) is 8.44. The molecule has 3 rings (SSSR count). The third-order valence-corrected chi connectivity index (χ3v) is 5.80. The minimum absolute atomic E-state index is 0.0264. The fourth-order valence-corrected chi connectivity index (χ4v) is 3.95. The predicted octanol–water partition coefficient (Wildman–Crippen LogP) is 3.97. The minimum Gasteiger partial charge on any atom is -0.320 e. The second kappa shape index (κ2) is 8.08. The van der Waals surface area contributed by atoms with Gasteiger partial charge in [0, 0.05) is 5.69 Å². The number of halogens is 1. The Morgan fingerprint density at radius 1 is 1.11 bits per heavy atom. The number of aromatic nitrogens is 2. The average Bonchev–Trinajstić information content (AvgIpc) is 2.65. The predicted molar refractivity (Wildman–Crippen MR) is 108 cm³/mol. The van der Waals surface area contributed by atoms with Gasteiger partial charge in [-0.3, -0.25) is 4.79 Å². The minimum atomic E-state index is -3.83. The highest BCUT2D eigenvalue weighted by atomic mass is 35.5. The van der Waals surface area contributed by atoms with E-state index < -0.39 is 20.9 Å². The number of sulfone groups is 1. The van der Waals surface area contributed by atoms with Crippen LogP contribution in [0.2, 0.25) is 5.02 Å². The molecule has 0 fully saturated rings. The Kier molecular flexibility index (Phi) is 5.76. The van der Waals surface area contributed by atoms with Crippen LogP contribution in [0, 0.1) is 13.8 Å². The van der Waals surface area contributed by atoms with Gasteiger partial charge in [-0.25, -0.2) is 18.4 Å². The number of nitrogens with zero attached hydrogens (tertiary/aromatic N) is 2. The van der Waals surface area contributed by atoms with Gasteiger partial charge in [0.15, 0.2) is 5.69 Å². The zero-order chi connectivity index (χ0) is 20.3. The van der Waals surface area contributed by atoms with Crippen molar-refractivity contribution in [1.29, 1.82) is 0 Å². The molecule has 0 spiro atoms. The number of hydrogen-bond donors (Lipinski definition) is 1. The molecule has 0 unspecified atom stereocenters. The average molecular weight is 416 g/mol. The molecule has 6 nitrogen and oxygen atoms in total. The fraction of sp³-hybridized carbons (Fsp3) is 0.150. The van der Waals surface area contributed by atoms with Crippen LogP contribution in [-0.4, -0.2) is 24.3 Å². The molecule has 0 aliphatic rings. The van der Waals surface area contributed by atoms with E-state index in [1.807, 2.05) is 32.0 Å². The number of nitrogens with one attached hydrogen (secondary N) is 1. The van der Waals surface area contributed by atoms with Crippen molar-refractivity contribution in [2.45, 2.75) is 24.8 Å². The number of aryl methyl sites for hydroxylation is 2. The van der Waals surface area contributed by atoms with Crippen molar-refractivity contribution in [2.24, 2.45) is 0 Å². The van der Waals surface area contributed by atoms with Crippen molar-refractivity contribution in [1.82, 2.24) is 9.97 Å². The van der Waals surface area contributed by atoms with Crippen LogP contribution < -0.4 is 5.32 Å². The molecule has 0 saturated carbocycles. The number of benzene rings is 2. The van der Waals surface area contributed by atoms with E-state index in [2.05, 4.69) is 15.3 Å². The Balaban J connectivity index is 1.90. The third-order valence-electron chi connectivity index (χ3n) is 4.06. The Morgan fingerprint density at radius 3 is 2.54 bits per heavy atom. The molecule has 144 valence electrons. The summed E-state index contributed by atoms with van der Waals surface area (Å²) in [5, 5.41) is 2.26. The van der Waals surface area contributed by atoms with Gasteiger partial charge in [0.2, 0.25) is 15.0 Å². The van der Waals surface area contributed by atoms with E-state index in [1.54, 1.807) is 30.3 Å². The van der Waals surface area contributed by atoms with Gasteiger partial charge < -0.3 is 5.32 Å². The van der Waals surface area contributed by atoms with E-state index in [9.17, 15) is 13.2 Å². The van der Waals surface area contributed by atoms with Gasteiger partial charge in [-0.1, -0.05) is 54.1 Å². The summed E-state index contributed by atoms with van der Waals surface area (Å²) in [6.45, 7) is 3.76. The topological polar surface area (TPSA) is 89.0 Å². The van der Waals surface area contributed by atoms with Crippen molar-refractivity contribution in [2.75, 3.05) is 5.32 Å². The van der Waals surface area contributed by atoms with Crippen molar-refractivity contribution < 1.29 is 13.2 Å². The second-order valence-electron chi connectivity index (χ2n) is 6.37. The van der Waals surface area contributed by atoms with Crippen LogP contribution in [-0.2, 0) is 15.6 Å². The SMILES string of the molecule is Cc1ccc(C)c(NC(=O)c2nc(S(=O)(=O)Cc3ccccc3)ncc2Cl)c1. The molecule has 0 aliphatic carbocycles. The van der Waals surface area contributed by atoms with Crippen LogP contribution in [0.5, 0.6) is 0 Å². The van der Waals surface area contributed by atoms with Crippen LogP contribution in [0.4, 0.5) is 5.69 Å². The van der Waals surface area contributed by atoms with Gasteiger partial charge in [0.05, 0.1) is 17.0 Å². The molecule has 1 heterocycles. The normalized spacial score (nSPS) is 11.2. The molecule has 28 heavy (non-hydrogen) atoms. The monoisotopic (exact) mass is 415 g/mol. The van der Waals surface area contributed by atoms with Crippen molar-refractivity contribution in [3.63, 3.8) is 0 Å². The second-order valence-corrected chi connectivity index (χ2v) is 8.66. The number of carbonyl (C=O) groups excluding carboxylic acids is 1. The van der Waals surface area contributed by atoms with Gasteiger partial charge >= 0.3 is 0 Å². The number of hydrogen-bond acceptors (Lipinski definition) is 5. The molecule has 1 N–H and O–H groups in total. The maximum Gasteiger partial charge on any atom is 0.275 e. The van der Waals surface area contributed by atoms with Gasteiger partial charge in [-0.2, -0.15) is 0 Å². The van der Waals surface area contributed by atoms with Gasteiger partial charge in [-0.05, 0) is 36.6 Å². The van der Waals surface area contributed by atoms with E-state index in [4.69, 9.17) is 11.6 Å². The van der Waals surface area contributed by atoms with Crippen LogP contribution in [0.15, 0.2) is 59.9 Å². The summed E-state index contributed by atoms with van der Waals surface area (Å²) in [4.78, 5) is 20.4. The number of amides is 1. The first kappa shape index (κ1) is 20.0. The van der Waals surface area contributed by atoms with Crippen molar-refractivity contribution in [3.05, 3.63) is 82.1 Å². The van der Waals surface area contributed by atoms with E-state index in [0.29, 0.717) is 11.3 Å². The van der Waals surface area contributed by atoms with Crippen molar-refractivity contribution in [3.8, 4) is 0 Å². The van der Waals surface area contributed by atoms with Crippen LogP contribution >= 0.6 is 11.6 Å². The first-order valence-corrected chi connectivity index (χ1v) is 10.5. The van der Waals surface area contributed by atoms with Gasteiger partial charge in [0.1, 0.15) is 0 Å². The molecular formula is C20H18ClN3O3S. The molecule has 1 aromatic heterocycles. The number of rotatable bonds is 5. The summed E-state index contributed by atoms with van der Waals surface area (Å²) >= 11 is 6.06. The highest BCUT2D eigenvalue weighted by molar-refractivity contribution is 7.90. The zero-order valence-corrected chi connectivity index (χ0v) is 16.9. The van der Waals surface area contributed by atoms with Crippen LogP contribution in [0.25, 0.3) is 0 Å². The third kappa shape index (κ3) is 4.55. The Bertz CT molecular complexity index is 1130. The zero-order valence-electron chi connectivity index (χ0n) is 15.3. The summed E-state index contributed by atoms with van der Waals surface area (Å²) in [5.41, 5.74) is 2.85. The summed E-state index contributed by atoms with van der Waals surface area (Å²) in [5.74, 6) is -0.870. The molecule has 0 aliphatic heterocycles. The summed E-state index contributed by atoms with van der Waals surface area (Å²) in [7, 11) is -3.83. The largest absolute Gasteiger partial charge is 0.320 e. The van der Waals surface area contributed by atoms with E-state index in [1.165, 1.54) is 0 Å². The summed E-state index contributed by atoms with van der Waals surface area (Å²) < 4.78 is 25.3. The molecule has 0 bridgehead atoms. The van der Waals surface area contributed by atoms with E-state index >= 15 is 0 Å². The molecule has 2 aromatic carbocycles. The summed E-state index contributed by atoms with van der Waals surface area (Å²) in [6.07, 6.45) is 1.13. The fourth-order valence-electron chi connectivity index (χ4n) is 2.57. The molecule has 8 heteroatoms. The number of anilines is 1. The van der Waals surface area contributed by atoms with Crippen LogP contribution in [0.3, 0.4) is 0 Å². The maximum absolute atomic E-state index is 12.7. The Morgan fingerprint density at radius 2 is 1.82 bits per heavy atom. The highest BCUT2D eigenvalue weighted by Crippen LogP contribution is 2.21. The lowest BCUT2D eigenvalue weighted by molar-refractivity contribution is 0.102. The Labute approximate surface area is 168 Å². The molecule has 1 amide bonds. The lowest BCUT2D eigenvalue weighted by Gasteiger charge is -2.10. The number of carbonyl (C=O) groups is 1. The lowest BCUT2D eigenvalue weighted by atomic mass is 10.1. The quantitative estimate of drug-likeness (QED) is 0.637. The molecular weight excluding hydrogens is 398 g/mol. The molecule has 0 atom stereocenters. The smallest absolute Gasteiger partial charge is 0.275 e. The molecule has 0 radical (unpaired) electrons. The molecule has 0 saturated heterocycles. The van der Waals surface area contributed by atoms with Gasteiger partial charge in [-0.15, -0.1) is 0 Å². The van der Waals surface area contributed by atoms with Gasteiger partial charge in [0.25, 0.3) is 5.91 Å². The first-order chi connectivity index (χ1) is 13.3. The van der Waals surface area contributed by atoms with Crippen molar-refractivity contribution >= 4 is 33.0 Å². The summed E-state index contributed by atoms with van der Waals surface area (Å²) in [6, 6.07) is 14.3. The Hall–Kier alpha value is -2.77. The highest BCUT2D eigenvalue weighted by Gasteiger charge is 2.23. The van der Waals surface area contributed by atoms with Crippen LogP contribution in [0.1, 0.15) is 27.2 Å². The standard InChI is InChI=1S/C20H18ClN3O3S/c1-13-8-9-14(2)17(10-13)23-19(25)18-16(21)11-22-20(24-18)28(26,27)12-15-6-4-3-5-7-15/h3-11H,12H2,1-2H3,(H,23,25). The maximum atomic E-state index is 12.7. The lowest BCUT2D eigenvalue weighted by Crippen LogP contribution is -2.18. The molecule has 3 aromatic rings. The van der Waals surface area contributed by atoms with E-state index in [-0.39, 0.29) is 16.5 Å².